The van der Waals surface area contributed by atoms with Gasteiger partial charge >= 0.3 is 0 Å². The fourth-order valence-corrected chi connectivity index (χ4v) is 3.84. The first-order valence-electron chi connectivity index (χ1n) is 11.7. The van der Waals surface area contributed by atoms with Crippen molar-refractivity contribution in [1.29, 1.82) is 0 Å². The lowest BCUT2D eigenvalue weighted by molar-refractivity contribution is -0.129. The maximum atomic E-state index is 13.3. The molecule has 8 nitrogen and oxygen atoms in total. The summed E-state index contributed by atoms with van der Waals surface area (Å²) < 4.78 is 0. The van der Waals surface area contributed by atoms with Gasteiger partial charge in [0.2, 0.25) is 11.8 Å². The molecule has 8 heteroatoms. The summed E-state index contributed by atoms with van der Waals surface area (Å²) in [6, 6.07) is 19.9. The van der Waals surface area contributed by atoms with E-state index in [1.807, 2.05) is 73.6 Å². The van der Waals surface area contributed by atoms with Crippen molar-refractivity contribution in [3.05, 3.63) is 72.3 Å². The first-order chi connectivity index (χ1) is 16.9. The van der Waals surface area contributed by atoms with Crippen LogP contribution in [0.5, 0.6) is 0 Å². The van der Waals surface area contributed by atoms with E-state index in [2.05, 4.69) is 10.6 Å². The first kappa shape index (κ1) is 25.7. The fourth-order valence-electron chi connectivity index (χ4n) is 3.84. The Morgan fingerprint density at radius 2 is 1.60 bits per heavy atom. The molecule has 0 bridgehead atoms. The highest BCUT2D eigenvalue weighted by molar-refractivity contribution is 6.05. The molecule has 0 fully saturated rings. The van der Waals surface area contributed by atoms with Crippen molar-refractivity contribution in [3.63, 3.8) is 0 Å². The van der Waals surface area contributed by atoms with Crippen molar-refractivity contribution in [2.24, 2.45) is 0 Å². The average Bonchev–Trinajstić information content (AvgIpc) is 2.87. The molecule has 3 amide bonds. The predicted octanol–water partition coefficient (Wildman–Crippen LogP) is 4.10. The van der Waals surface area contributed by atoms with E-state index in [0.29, 0.717) is 36.9 Å². The lowest BCUT2D eigenvalue weighted by atomic mass is 10.0. The molecule has 3 rings (SSSR count). The number of rotatable bonds is 11. The van der Waals surface area contributed by atoms with Gasteiger partial charge in [-0.2, -0.15) is 0 Å². The molecule has 35 heavy (non-hydrogen) atoms. The number of carbonyl (C=O) groups is 3. The summed E-state index contributed by atoms with van der Waals surface area (Å²) in [6.45, 7) is 0. The molecule has 0 aromatic heterocycles. The summed E-state index contributed by atoms with van der Waals surface area (Å²) in [5, 5.41) is 16.4. The molecule has 0 aliphatic heterocycles. The first-order valence-corrected chi connectivity index (χ1v) is 11.7. The summed E-state index contributed by atoms with van der Waals surface area (Å²) >= 11 is 0. The van der Waals surface area contributed by atoms with Crippen LogP contribution in [0, 0.1) is 0 Å². The fraction of sp³-hybridized carbons (Fsp3) is 0.296. The van der Waals surface area contributed by atoms with E-state index in [1.54, 1.807) is 17.6 Å². The van der Waals surface area contributed by atoms with E-state index in [4.69, 9.17) is 5.21 Å². The Labute approximate surface area is 205 Å². The van der Waals surface area contributed by atoms with E-state index in [1.165, 1.54) is 0 Å². The highest BCUT2D eigenvalue weighted by Gasteiger charge is 2.22. The summed E-state index contributed by atoms with van der Waals surface area (Å²) in [5.41, 5.74) is 3.74. The smallest absolute Gasteiger partial charge is 0.251 e. The van der Waals surface area contributed by atoms with Gasteiger partial charge in [0.25, 0.3) is 5.91 Å². The number of carbonyl (C=O) groups excluding carboxylic acids is 3. The summed E-state index contributed by atoms with van der Waals surface area (Å²) in [6.07, 6.45) is 2.50. The molecule has 0 spiro atoms. The van der Waals surface area contributed by atoms with Crippen molar-refractivity contribution in [2.75, 3.05) is 24.3 Å². The van der Waals surface area contributed by atoms with Gasteiger partial charge < -0.3 is 15.5 Å². The summed E-state index contributed by atoms with van der Waals surface area (Å²) in [4.78, 5) is 39.3. The zero-order chi connectivity index (χ0) is 25.2. The van der Waals surface area contributed by atoms with Crippen LogP contribution in [0.1, 0.15) is 42.5 Å². The molecule has 1 atom stereocenters. The van der Waals surface area contributed by atoms with Crippen molar-refractivity contribution in [2.45, 2.75) is 38.1 Å². The lowest BCUT2D eigenvalue weighted by Gasteiger charge is -2.20. The number of unbranched alkanes of at least 4 members (excludes halogenated alkanes) is 2. The highest BCUT2D eigenvalue weighted by atomic mass is 16.5. The number of hydrogen-bond donors (Lipinski definition) is 4. The number of hydroxylamine groups is 1. The van der Waals surface area contributed by atoms with Gasteiger partial charge in [-0.1, -0.05) is 49.2 Å². The van der Waals surface area contributed by atoms with E-state index in [-0.39, 0.29) is 18.2 Å². The van der Waals surface area contributed by atoms with Crippen LogP contribution >= 0.6 is 0 Å². The lowest BCUT2D eigenvalue weighted by Crippen LogP contribution is -2.43. The van der Waals surface area contributed by atoms with Crippen molar-refractivity contribution in [1.82, 2.24) is 10.8 Å². The van der Waals surface area contributed by atoms with Crippen LogP contribution in [0.4, 0.5) is 11.4 Å². The standard InChI is InChI=1S/C27H32N4O4/c1-31(2)21-17-15-20(16-18-21)26(33)29-24(12-4-3-5-14-25(32)30-35)27(34)28-23-13-8-10-19-9-6-7-11-22(19)23/h6-11,13,15-18,24,35H,3-5,12,14H2,1-2H3,(H,28,34)(H,29,33)(H,30,32)/t24-/m0/s1. The van der Waals surface area contributed by atoms with Crippen LogP contribution < -0.4 is 21.0 Å². The largest absolute Gasteiger partial charge is 0.378 e. The predicted molar refractivity (Wildman–Crippen MR) is 138 cm³/mol. The molecule has 0 saturated heterocycles. The number of fused-ring (bicyclic) bond motifs is 1. The van der Waals surface area contributed by atoms with Gasteiger partial charge in [0, 0.05) is 42.8 Å². The molecule has 3 aromatic carbocycles. The molecule has 0 radical (unpaired) electrons. The van der Waals surface area contributed by atoms with Gasteiger partial charge in [-0.15, -0.1) is 0 Å². The number of nitrogens with one attached hydrogen (secondary N) is 3. The Bertz CT molecular complexity index is 1160. The number of amides is 3. The second-order valence-corrected chi connectivity index (χ2v) is 8.62. The zero-order valence-corrected chi connectivity index (χ0v) is 20.1. The second kappa shape index (κ2) is 12.5. The van der Waals surface area contributed by atoms with Gasteiger partial charge in [-0.25, -0.2) is 5.48 Å². The van der Waals surface area contributed by atoms with Gasteiger partial charge in [-0.05, 0) is 48.6 Å². The molecule has 0 aliphatic rings. The van der Waals surface area contributed by atoms with Crippen LogP contribution in [0.25, 0.3) is 10.8 Å². The van der Waals surface area contributed by atoms with E-state index in [0.717, 1.165) is 16.5 Å². The van der Waals surface area contributed by atoms with Gasteiger partial charge in [0.15, 0.2) is 0 Å². The van der Waals surface area contributed by atoms with Crippen molar-refractivity contribution < 1.29 is 19.6 Å². The average molecular weight is 477 g/mol. The van der Waals surface area contributed by atoms with Crippen LogP contribution in [0.3, 0.4) is 0 Å². The number of hydrogen-bond acceptors (Lipinski definition) is 5. The van der Waals surface area contributed by atoms with Crippen LogP contribution in [-0.2, 0) is 9.59 Å². The van der Waals surface area contributed by atoms with Crippen LogP contribution in [0.15, 0.2) is 66.7 Å². The minimum Gasteiger partial charge on any atom is -0.378 e. The topological polar surface area (TPSA) is 111 Å². The van der Waals surface area contributed by atoms with Gasteiger partial charge in [0.05, 0.1) is 0 Å². The number of benzene rings is 3. The maximum Gasteiger partial charge on any atom is 0.251 e. The Balaban J connectivity index is 1.71. The quantitative estimate of drug-likeness (QED) is 0.189. The molecular weight excluding hydrogens is 444 g/mol. The molecule has 3 aromatic rings. The third kappa shape index (κ3) is 7.28. The minimum atomic E-state index is -0.748. The van der Waals surface area contributed by atoms with E-state index in [9.17, 15) is 14.4 Å². The monoisotopic (exact) mass is 476 g/mol. The summed E-state index contributed by atoms with van der Waals surface area (Å²) in [7, 11) is 3.85. The minimum absolute atomic E-state index is 0.202. The number of nitrogens with zero attached hydrogens (tertiary/aromatic N) is 1. The van der Waals surface area contributed by atoms with Crippen LogP contribution in [-0.4, -0.2) is 43.1 Å². The normalized spacial score (nSPS) is 11.5. The second-order valence-electron chi connectivity index (χ2n) is 8.62. The summed E-state index contributed by atoms with van der Waals surface area (Å²) in [5.74, 6) is -1.06. The number of anilines is 2. The Kier molecular flexibility index (Phi) is 9.20. The molecule has 0 unspecified atom stereocenters. The zero-order valence-electron chi connectivity index (χ0n) is 20.1. The molecule has 184 valence electrons. The third-order valence-corrected chi connectivity index (χ3v) is 5.84. The van der Waals surface area contributed by atoms with Crippen LogP contribution in [0.2, 0.25) is 0 Å². The molecule has 0 aliphatic carbocycles. The third-order valence-electron chi connectivity index (χ3n) is 5.84. The molecule has 4 N–H and O–H groups in total. The van der Waals surface area contributed by atoms with Crippen molar-refractivity contribution in [3.8, 4) is 0 Å². The molecule has 0 heterocycles. The maximum absolute atomic E-state index is 13.3. The van der Waals surface area contributed by atoms with Gasteiger partial charge in [-0.3, -0.25) is 19.6 Å². The molecule has 0 saturated carbocycles. The van der Waals surface area contributed by atoms with E-state index < -0.39 is 11.9 Å². The highest BCUT2D eigenvalue weighted by Crippen LogP contribution is 2.23. The van der Waals surface area contributed by atoms with E-state index >= 15 is 0 Å². The SMILES string of the molecule is CN(C)c1ccc(C(=O)N[C@@H](CCCCCC(=O)NO)C(=O)Nc2cccc3ccccc23)cc1. The Morgan fingerprint density at radius 1 is 0.886 bits per heavy atom. The van der Waals surface area contributed by atoms with Crippen molar-refractivity contribution >= 4 is 39.9 Å². The molecular formula is C27H32N4O4. The Morgan fingerprint density at radius 3 is 2.31 bits per heavy atom. The Hall–Kier alpha value is -3.91. The van der Waals surface area contributed by atoms with Gasteiger partial charge in [0.1, 0.15) is 6.04 Å².